The van der Waals surface area contributed by atoms with Crippen LogP contribution < -0.4 is 0 Å². The molecule has 0 nitrogen and oxygen atoms in total. The normalized spacial score (nSPS) is 12.0. The van der Waals surface area contributed by atoms with Crippen LogP contribution in [-0.4, -0.2) is 0 Å². The zero-order valence-corrected chi connectivity index (χ0v) is 20.3. The largest absolute Gasteiger partial charge is 0.0654 e. The van der Waals surface area contributed by atoms with E-state index in [9.17, 15) is 0 Å². The van der Waals surface area contributed by atoms with Gasteiger partial charge in [-0.05, 0) is 61.5 Å². The molecule has 5 rings (SSSR count). The molecular weight excluding hydrogens is 396 g/mol. The fourth-order valence-corrected chi connectivity index (χ4v) is 5.92. The average molecular weight is 435 g/mol. The van der Waals surface area contributed by atoms with Crippen LogP contribution in [-0.2, 0) is 6.42 Å². The van der Waals surface area contributed by atoms with Crippen LogP contribution in [0.1, 0.15) is 83.1 Å². The van der Waals surface area contributed by atoms with Gasteiger partial charge in [0.05, 0.1) is 0 Å². The van der Waals surface area contributed by atoms with Crippen molar-refractivity contribution in [2.45, 2.75) is 84.0 Å². The third-order valence-corrected chi connectivity index (χ3v) is 7.65. The molecule has 0 saturated carbocycles. The molecule has 0 atom stereocenters. The molecule has 0 aromatic heterocycles. The highest BCUT2D eigenvalue weighted by Crippen LogP contribution is 2.41. The summed E-state index contributed by atoms with van der Waals surface area (Å²) in [7, 11) is 0. The Morgan fingerprint density at radius 2 is 0.939 bits per heavy atom. The first kappa shape index (κ1) is 22.2. The number of hydrogen-bond donors (Lipinski definition) is 0. The molecule has 5 aromatic rings. The van der Waals surface area contributed by atoms with Gasteiger partial charge in [0.15, 0.2) is 0 Å². The van der Waals surface area contributed by atoms with Gasteiger partial charge < -0.3 is 0 Å². The van der Waals surface area contributed by atoms with Crippen molar-refractivity contribution in [3.63, 3.8) is 0 Å². The molecule has 0 heteroatoms. The van der Waals surface area contributed by atoms with Crippen molar-refractivity contribution >= 4 is 43.1 Å². The van der Waals surface area contributed by atoms with E-state index in [2.05, 4.69) is 73.7 Å². The standard InChI is InChI=1S/C33H38/c1-2-3-4-5-6-7-8-9-10-11-12-16-26-23-24-27-19-14-21-29-28-20-13-17-25-18-15-22-30(31(25)28)33(26)32(27)29/h13-15,17-24H,2-12,16H2,1H3. The van der Waals surface area contributed by atoms with Gasteiger partial charge in [-0.15, -0.1) is 0 Å². The average Bonchev–Trinajstić information content (AvgIpc) is 2.86. The Morgan fingerprint density at radius 1 is 0.424 bits per heavy atom. The molecule has 170 valence electrons. The summed E-state index contributed by atoms with van der Waals surface area (Å²) in [5.41, 5.74) is 1.54. The number of aryl methyl sites for hydroxylation is 1. The Kier molecular flexibility index (Phi) is 7.10. The number of fused-ring (bicyclic) bond motifs is 2. The molecule has 0 N–H and O–H groups in total. The molecule has 33 heavy (non-hydrogen) atoms. The van der Waals surface area contributed by atoms with Gasteiger partial charge in [-0.2, -0.15) is 0 Å². The van der Waals surface area contributed by atoms with E-state index >= 15 is 0 Å². The third kappa shape index (κ3) is 4.58. The van der Waals surface area contributed by atoms with Gasteiger partial charge in [-0.3, -0.25) is 0 Å². The second kappa shape index (κ2) is 10.6. The zero-order chi connectivity index (χ0) is 22.5. The number of rotatable bonds is 12. The van der Waals surface area contributed by atoms with Crippen molar-refractivity contribution < 1.29 is 0 Å². The van der Waals surface area contributed by atoms with E-state index in [1.165, 1.54) is 126 Å². The number of benzene rings is 5. The van der Waals surface area contributed by atoms with Crippen LogP contribution in [0.15, 0.2) is 66.7 Å². The fraction of sp³-hybridized carbons (Fsp3) is 0.394. The third-order valence-electron chi connectivity index (χ3n) is 7.65. The van der Waals surface area contributed by atoms with Gasteiger partial charge in [0, 0.05) is 0 Å². The minimum atomic E-state index is 1.19. The lowest BCUT2D eigenvalue weighted by Gasteiger charge is -2.17. The van der Waals surface area contributed by atoms with E-state index in [0.29, 0.717) is 0 Å². The lowest BCUT2D eigenvalue weighted by atomic mass is 9.86. The van der Waals surface area contributed by atoms with Crippen LogP contribution in [0.4, 0.5) is 0 Å². The Labute approximate surface area is 199 Å². The topological polar surface area (TPSA) is 0 Å². The number of hydrogen-bond acceptors (Lipinski definition) is 0. The minimum absolute atomic E-state index is 1.19. The summed E-state index contributed by atoms with van der Waals surface area (Å²) in [5, 5.41) is 11.4. The maximum absolute atomic E-state index is 2.41. The predicted molar refractivity (Wildman–Crippen MR) is 148 cm³/mol. The maximum Gasteiger partial charge on any atom is -0.00236 e. The van der Waals surface area contributed by atoms with E-state index in [0.717, 1.165) is 0 Å². The van der Waals surface area contributed by atoms with E-state index in [-0.39, 0.29) is 0 Å². The molecule has 0 aliphatic carbocycles. The van der Waals surface area contributed by atoms with Crippen LogP contribution in [0.5, 0.6) is 0 Å². The first-order chi connectivity index (χ1) is 16.4. The second-order valence-corrected chi connectivity index (χ2v) is 10.00. The summed E-state index contributed by atoms with van der Waals surface area (Å²) in [6.45, 7) is 2.30. The monoisotopic (exact) mass is 434 g/mol. The van der Waals surface area contributed by atoms with Gasteiger partial charge in [0.25, 0.3) is 0 Å². The quantitative estimate of drug-likeness (QED) is 0.104. The number of unbranched alkanes of at least 4 members (excludes halogenated alkanes) is 10. The first-order valence-corrected chi connectivity index (χ1v) is 13.5. The van der Waals surface area contributed by atoms with Crippen LogP contribution >= 0.6 is 0 Å². The molecule has 0 fully saturated rings. The highest BCUT2D eigenvalue weighted by atomic mass is 14.2. The Hall–Kier alpha value is -2.60. The molecule has 0 heterocycles. The van der Waals surface area contributed by atoms with Crippen molar-refractivity contribution in [1.82, 2.24) is 0 Å². The lowest BCUT2D eigenvalue weighted by molar-refractivity contribution is 0.550. The Morgan fingerprint density at radius 3 is 1.58 bits per heavy atom. The molecule has 0 aliphatic rings. The molecule has 0 spiro atoms. The summed E-state index contributed by atoms with van der Waals surface area (Å²) in [4.78, 5) is 0. The van der Waals surface area contributed by atoms with E-state index in [1.807, 2.05) is 0 Å². The maximum atomic E-state index is 2.41. The zero-order valence-electron chi connectivity index (χ0n) is 20.3. The van der Waals surface area contributed by atoms with Gasteiger partial charge in [-0.1, -0.05) is 138 Å². The Bertz CT molecular complexity index is 1320. The molecular formula is C33H38. The smallest absolute Gasteiger partial charge is 0.00236 e. The summed E-state index contributed by atoms with van der Waals surface area (Å²) < 4.78 is 0. The highest BCUT2D eigenvalue weighted by Gasteiger charge is 2.14. The summed E-state index contributed by atoms with van der Waals surface area (Å²) in [6.07, 6.45) is 16.6. The van der Waals surface area contributed by atoms with Crippen LogP contribution in [0.3, 0.4) is 0 Å². The van der Waals surface area contributed by atoms with Crippen LogP contribution in [0, 0.1) is 0 Å². The summed E-state index contributed by atoms with van der Waals surface area (Å²) in [6, 6.07) is 25.2. The van der Waals surface area contributed by atoms with Gasteiger partial charge in [-0.25, -0.2) is 0 Å². The van der Waals surface area contributed by atoms with E-state index < -0.39 is 0 Å². The molecule has 0 amide bonds. The van der Waals surface area contributed by atoms with Crippen molar-refractivity contribution in [3.05, 3.63) is 72.3 Å². The minimum Gasteiger partial charge on any atom is -0.0654 e. The highest BCUT2D eigenvalue weighted by molar-refractivity contribution is 6.33. The lowest BCUT2D eigenvalue weighted by Crippen LogP contribution is -1.93. The van der Waals surface area contributed by atoms with Crippen molar-refractivity contribution in [2.24, 2.45) is 0 Å². The second-order valence-electron chi connectivity index (χ2n) is 10.00. The molecule has 0 saturated heterocycles. The van der Waals surface area contributed by atoms with Crippen molar-refractivity contribution in [1.29, 1.82) is 0 Å². The van der Waals surface area contributed by atoms with Crippen molar-refractivity contribution in [2.75, 3.05) is 0 Å². The molecule has 5 aromatic carbocycles. The summed E-state index contributed by atoms with van der Waals surface area (Å²) in [5.74, 6) is 0. The van der Waals surface area contributed by atoms with E-state index in [4.69, 9.17) is 0 Å². The van der Waals surface area contributed by atoms with Gasteiger partial charge in [0.2, 0.25) is 0 Å². The fourth-order valence-electron chi connectivity index (χ4n) is 5.92. The molecule has 0 radical (unpaired) electrons. The Balaban J connectivity index is 1.31. The first-order valence-electron chi connectivity index (χ1n) is 13.5. The van der Waals surface area contributed by atoms with Crippen LogP contribution in [0.25, 0.3) is 43.1 Å². The molecule has 0 bridgehead atoms. The SMILES string of the molecule is CCCCCCCCCCCCCc1ccc2cccc3c4cccc5cccc(c1c23)c54. The van der Waals surface area contributed by atoms with Gasteiger partial charge >= 0.3 is 0 Å². The molecule has 0 unspecified atom stereocenters. The van der Waals surface area contributed by atoms with Crippen LogP contribution in [0.2, 0.25) is 0 Å². The van der Waals surface area contributed by atoms with Gasteiger partial charge in [0.1, 0.15) is 0 Å². The molecule has 0 aliphatic heterocycles. The van der Waals surface area contributed by atoms with E-state index in [1.54, 1.807) is 0 Å². The van der Waals surface area contributed by atoms with Crippen molar-refractivity contribution in [3.8, 4) is 0 Å². The predicted octanol–water partition coefficient (Wildman–Crippen LogP) is 10.6. The summed E-state index contributed by atoms with van der Waals surface area (Å²) >= 11 is 0.